The number of amidine groups is 1. The van der Waals surface area contributed by atoms with Crippen LogP contribution in [0.5, 0.6) is 0 Å². The van der Waals surface area contributed by atoms with Crippen LogP contribution in [0.25, 0.3) is 0 Å². The zero-order valence-corrected chi connectivity index (χ0v) is 25.0. The van der Waals surface area contributed by atoms with Crippen molar-refractivity contribution >= 4 is 59.1 Å². The first-order chi connectivity index (χ1) is 20.4. The molecule has 0 aliphatic carbocycles. The zero-order chi connectivity index (χ0) is 32.3. The van der Waals surface area contributed by atoms with Crippen molar-refractivity contribution in [2.75, 3.05) is 30.5 Å². The fourth-order valence-corrected chi connectivity index (χ4v) is 4.11. The first-order valence-corrected chi connectivity index (χ1v) is 14.1. The number of thioether (sulfide) groups is 1. The Morgan fingerprint density at radius 1 is 1.07 bits per heavy atom. The number of alkyl halides is 3. The number of hydrogen-bond acceptors (Lipinski definition) is 7. The Balaban J connectivity index is 0.000000330. The molecule has 0 aliphatic rings. The molecule has 0 bridgehead atoms. The van der Waals surface area contributed by atoms with E-state index >= 15 is 0 Å². The molecule has 230 valence electrons. The minimum absolute atomic E-state index is 0.179. The minimum atomic E-state index is -4.34. The number of rotatable bonds is 11. The maximum absolute atomic E-state index is 12.4. The van der Waals surface area contributed by atoms with Crippen molar-refractivity contribution < 1.29 is 32.7 Å². The van der Waals surface area contributed by atoms with E-state index in [0.717, 1.165) is 41.7 Å². The van der Waals surface area contributed by atoms with Crippen LogP contribution in [-0.2, 0) is 16.7 Å². The van der Waals surface area contributed by atoms with E-state index in [1.807, 2.05) is 18.2 Å². The lowest BCUT2D eigenvalue weighted by atomic mass is 10.2. The smallest absolute Gasteiger partial charge is 0.416 e. The summed E-state index contributed by atoms with van der Waals surface area (Å²) in [6, 6.07) is 17.3. The fraction of sp³-hybridized carbons (Fsp3) is 0.200. The normalized spacial score (nSPS) is 11.0. The standard InChI is InChI=1S/C11H12F3N3.C11H12O3S.C8H8ClNO/c1-16-10(15)5-6-17-9-4-2-3-8(7-9)11(12,13)14;12-7-9-2-1-3-10(6-9)8-15-5-4-11(13)14;1-10-8-3-2-7(9)4-6(8)5-11/h2-7,17H,1H3,(H2,15,16);1-3,6-7H,4-5,8H2,(H,13,14);2-5,10H,1H3/b6-5-;;. The number of nitrogens with one attached hydrogen (secondary N) is 2. The van der Waals surface area contributed by atoms with Gasteiger partial charge in [0.05, 0.1) is 12.0 Å². The van der Waals surface area contributed by atoms with Crippen LogP contribution >= 0.6 is 23.4 Å². The van der Waals surface area contributed by atoms with Gasteiger partial charge < -0.3 is 21.5 Å². The van der Waals surface area contributed by atoms with Gasteiger partial charge in [-0.05, 0) is 54.1 Å². The SMILES string of the molecule is CN=C(N)/C=C\Nc1cccc(C(F)(F)F)c1.CNc1ccc(Cl)cc1C=O.O=Cc1cccc(CSCCC(=O)O)c1. The number of aliphatic imine (C=N–C) groups is 1. The summed E-state index contributed by atoms with van der Waals surface area (Å²) in [5, 5.41) is 14.6. The largest absolute Gasteiger partial charge is 0.481 e. The van der Waals surface area contributed by atoms with Crippen molar-refractivity contribution in [1.29, 1.82) is 0 Å². The van der Waals surface area contributed by atoms with Crippen molar-refractivity contribution in [2.24, 2.45) is 10.7 Å². The van der Waals surface area contributed by atoms with Gasteiger partial charge in [0.25, 0.3) is 0 Å². The summed E-state index contributed by atoms with van der Waals surface area (Å²) in [5.74, 6) is 0.851. The summed E-state index contributed by atoms with van der Waals surface area (Å²) >= 11 is 7.22. The summed E-state index contributed by atoms with van der Waals surface area (Å²) in [5.41, 5.74) is 8.10. The highest BCUT2D eigenvalue weighted by Crippen LogP contribution is 2.30. The van der Waals surface area contributed by atoms with E-state index in [2.05, 4.69) is 15.6 Å². The van der Waals surface area contributed by atoms with Crippen LogP contribution in [0.4, 0.5) is 24.5 Å². The van der Waals surface area contributed by atoms with Gasteiger partial charge in [-0.3, -0.25) is 19.4 Å². The van der Waals surface area contributed by atoms with E-state index in [1.54, 1.807) is 43.1 Å². The number of benzene rings is 3. The monoisotopic (exact) mass is 636 g/mol. The van der Waals surface area contributed by atoms with E-state index in [0.29, 0.717) is 27.6 Å². The van der Waals surface area contributed by atoms with Crippen LogP contribution in [0.3, 0.4) is 0 Å². The Morgan fingerprint density at radius 3 is 2.40 bits per heavy atom. The number of nitrogens with zero attached hydrogens (tertiary/aromatic N) is 1. The topological polar surface area (TPSA) is 134 Å². The molecular formula is C30H32ClF3N4O4S. The molecule has 43 heavy (non-hydrogen) atoms. The van der Waals surface area contributed by atoms with Gasteiger partial charge in [0, 0.05) is 59.3 Å². The van der Waals surface area contributed by atoms with Gasteiger partial charge in [-0.1, -0.05) is 35.9 Å². The molecule has 0 aromatic heterocycles. The molecule has 13 heteroatoms. The number of halogens is 4. The van der Waals surface area contributed by atoms with Crippen LogP contribution in [0.2, 0.25) is 5.02 Å². The molecule has 0 radical (unpaired) electrons. The van der Waals surface area contributed by atoms with E-state index in [9.17, 15) is 27.6 Å². The Bertz CT molecular complexity index is 1400. The first-order valence-electron chi connectivity index (χ1n) is 12.5. The number of hydrogen-bond donors (Lipinski definition) is 4. The number of aldehydes is 2. The van der Waals surface area contributed by atoms with Gasteiger partial charge in [0.15, 0.2) is 6.29 Å². The van der Waals surface area contributed by atoms with Gasteiger partial charge in [-0.15, -0.1) is 0 Å². The first kappa shape index (κ1) is 36.7. The van der Waals surface area contributed by atoms with Gasteiger partial charge in [0.2, 0.25) is 0 Å². The van der Waals surface area contributed by atoms with Crippen molar-refractivity contribution in [3.05, 3.63) is 106 Å². The number of anilines is 2. The second-order valence-corrected chi connectivity index (χ2v) is 9.90. The Kier molecular flexibility index (Phi) is 16.9. The van der Waals surface area contributed by atoms with Gasteiger partial charge in [-0.2, -0.15) is 24.9 Å². The van der Waals surface area contributed by atoms with Gasteiger partial charge >= 0.3 is 12.1 Å². The van der Waals surface area contributed by atoms with E-state index in [-0.39, 0.29) is 12.3 Å². The van der Waals surface area contributed by atoms with Crippen LogP contribution in [-0.4, -0.2) is 49.3 Å². The predicted molar refractivity (Wildman–Crippen MR) is 168 cm³/mol. The third-order valence-electron chi connectivity index (χ3n) is 5.18. The van der Waals surface area contributed by atoms with Crippen molar-refractivity contribution in [1.82, 2.24) is 0 Å². The predicted octanol–water partition coefficient (Wildman–Crippen LogP) is 7.02. The van der Waals surface area contributed by atoms with Crippen LogP contribution in [0.15, 0.2) is 84.0 Å². The highest BCUT2D eigenvalue weighted by Gasteiger charge is 2.30. The molecule has 3 aromatic rings. The molecule has 3 aromatic carbocycles. The third-order valence-corrected chi connectivity index (χ3v) is 6.44. The minimum Gasteiger partial charge on any atom is -0.481 e. The van der Waals surface area contributed by atoms with Gasteiger partial charge in [0.1, 0.15) is 12.1 Å². The molecule has 0 amide bonds. The molecule has 8 nitrogen and oxygen atoms in total. The Morgan fingerprint density at radius 2 is 1.79 bits per heavy atom. The maximum Gasteiger partial charge on any atom is 0.416 e. The van der Waals surface area contributed by atoms with Crippen LogP contribution < -0.4 is 16.4 Å². The summed E-state index contributed by atoms with van der Waals surface area (Å²) < 4.78 is 37.2. The molecule has 3 rings (SSSR count). The van der Waals surface area contributed by atoms with E-state index in [4.69, 9.17) is 22.4 Å². The second-order valence-electron chi connectivity index (χ2n) is 8.36. The highest BCUT2D eigenvalue weighted by molar-refractivity contribution is 7.98. The lowest BCUT2D eigenvalue weighted by Crippen LogP contribution is -2.08. The van der Waals surface area contributed by atoms with Crippen molar-refractivity contribution in [3.63, 3.8) is 0 Å². The fourth-order valence-electron chi connectivity index (χ4n) is 3.05. The molecule has 0 unspecified atom stereocenters. The molecule has 0 saturated carbocycles. The molecule has 0 aliphatic heterocycles. The Labute approximate surface area is 257 Å². The number of carboxylic acid groups (broad SMARTS) is 1. The summed E-state index contributed by atoms with van der Waals surface area (Å²) in [6.45, 7) is 0. The highest BCUT2D eigenvalue weighted by atomic mass is 35.5. The van der Waals surface area contributed by atoms with Gasteiger partial charge in [-0.25, -0.2) is 0 Å². The lowest BCUT2D eigenvalue weighted by Gasteiger charge is -2.08. The molecule has 0 spiro atoms. The van der Waals surface area contributed by atoms with E-state index in [1.165, 1.54) is 31.5 Å². The molecule has 5 N–H and O–H groups in total. The Hall–Kier alpha value is -4.29. The third kappa shape index (κ3) is 15.5. The summed E-state index contributed by atoms with van der Waals surface area (Å²) in [7, 11) is 3.28. The molecular weight excluding hydrogens is 605 g/mol. The summed E-state index contributed by atoms with van der Waals surface area (Å²) in [4.78, 5) is 34.8. The van der Waals surface area contributed by atoms with Crippen molar-refractivity contribution in [2.45, 2.75) is 18.3 Å². The van der Waals surface area contributed by atoms with Crippen LogP contribution in [0.1, 0.15) is 38.3 Å². The average Bonchev–Trinajstić information content (AvgIpc) is 2.99. The average molecular weight is 637 g/mol. The zero-order valence-electron chi connectivity index (χ0n) is 23.4. The number of carbonyl (C=O) groups is 3. The van der Waals surface area contributed by atoms with Crippen molar-refractivity contribution in [3.8, 4) is 0 Å². The number of aliphatic carboxylic acids is 1. The second kappa shape index (κ2) is 19.8. The summed E-state index contributed by atoms with van der Waals surface area (Å²) in [6.07, 6.45) is 0.310. The number of nitrogens with two attached hydrogens (primary N) is 1. The number of carboxylic acids is 1. The lowest BCUT2D eigenvalue weighted by molar-refractivity contribution is -0.138. The maximum atomic E-state index is 12.4. The quantitative estimate of drug-likeness (QED) is 0.0764. The molecule has 0 fully saturated rings. The number of carbonyl (C=O) groups excluding carboxylic acids is 2. The molecule has 0 heterocycles. The van der Waals surface area contributed by atoms with Crippen LogP contribution in [0, 0.1) is 0 Å². The molecule has 0 atom stereocenters. The van der Waals surface area contributed by atoms with E-state index < -0.39 is 17.7 Å². The molecule has 0 saturated heterocycles.